The van der Waals surface area contributed by atoms with E-state index in [1.54, 1.807) is 0 Å². The van der Waals surface area contributed by atoms with Gasteiger partial charge in [0.1, 0.15) is 0 Å². The van der Waals surface area contributed by atoms with Gasteiger partial charge in [-0.15, -0.1) is 0 Å². The Labute approximate surface area is 133 Å². The Hall–Kier alpha value is -0.820. The molecule has 0 bridgehead atoms. The monoisotopic (exact) mass is 384 g/mol. The van der Waals surface area contributed by atoms with Crippen molar-refractivity contribution in [1.29, 1.82) is 0 Å². The first-order valence-corrected chi connectivity index (χ1v) is 8.25. The Balaban J connectivity index is 1.90. The van der Waals surface area contributed by atoms with E-state index in [4.69, 9.17) is 5.10 Å². The van der Waals surface area contributed by atoms with Crippen LogP contribution in [-0.4, -0.2) is 46.9 Å². The second kappa shape index (κ2) is 5.52. The molecule has 0 saturated carbocycles. The smallest absolute Gasteiger partial charge is 0.158 e. The van der Waals surface area contributed by atoms with Gasteiger partial charge in [-0.25, -0.2) is 0 Å². The maximum Gasteiger partial charge on any atom is 0.158 e. The van der Waals surface area contributed by atoms with Crippen LogP contribution in [0.3, 0.4) is 0 Å². The first-order chi connectivity index (χ1) is 9.56. The third-order valence-electron chi connectivity index (χ3n) is 4.14. The summed E-state index contributed by atoms with van der Waals surface area (Å²) in [5.41, 5.74) is 1.21. The number of hydrogen-bond donors (Lipinski definition) is 0. The molecule has 1 fully saturated rings. The van der Waals surface area contributed by atoms with Gasteiger partial charge in [0.25, 0.3) is 0 Å². The van der Waals surface area contributed by atoms with Crippen LogP contribution < -0.4 is 4.90 Å². The summed E-state index contributed by atoms with van der Waals surface area (Å²) in [5.74, 6) is 1.14. The van der Waals surface area contributed by atoms with Gasteiger partial charge in [-0.05, 0) is 54.6 Å². The number of halogens is 1. The van der Waals surface area contributed by atoms with Gasteiger partial charge in [0, 0.05) is 48.2 Å². The lowest BCUT2D eigenvalue weighted by Gasteiger charge is -2.37. The van der Waals surface area contributed by atoms with E-state index in [1.807, 2.05) is 11.7 Å². The van der Waals surface area contributed by atoms with Crippen LogP contribution in [0.15, 0.2) is 18.2 Å². The van der Waals surface area contributed by atoms with Gasteiger partial charge in [0.15, 0.2) is 5.82 Å². The van der Waals surface area contributed by atoms with E-state index >= 15 is 0 Å². The number of nitrogens with zero attached hydrogens (tertiary/aromatic N) is 4. The summed E-state index contributed by atoms with van der Waals surface area (Å²) in [5, 5.41) is 6.02. The molecule has 1 aromatic heterocycles. The average Bonchev–Trinajstić information content (AvgIpc) is 2.75. The number of benzene rings is 1. The molecule has 2 aromatic rings. The minimum Gasteiger partial charge on any atom is -0.352 e. The summed E-state index contributed by atoms with van der Waals surface area (Å²) in [6.45, 7) is 8.92. The Morgan fingerprint density at radius 1 is 1.15 bits per heavy atom. The summed E-state index contributed by atoms with van der Waals surface area (Å²) >= 11 is 2.37. The number of aromatic nitrogens is 2. The van der Waals surface area contributed by atoms with Gasteiger partial charge in [-0.2, -0.15) is 5.10 Å². The van der Waals surface area contributed by atoms with Crippen LogP contribution in [0.5, 0.6) is 0 Å². The largest absolute Gasteiger partial charge is 0.352 e. The SMILES string of the molecule is CC(C)N1CCN(c2nn(C)c3ccc(I)cc23)CC1. The Morgan fingerprint density at radius 3 is 2.50 bits per heavy atom. The van der Waals surface area contributed by atoms with Gasteiger partial charge in [-0.1, -0.05) is 0 Å². The molecule has 1 aliphatic heterocycles. The average molecular weight is 384 g/mol. The highest BCUT2D eigenvalue weighted by Gasteiger charge is 2.22. The lowest BCUT2D eigenvalue weighted by Crippen LogP contribution is -2.49. The fourth-order valence-electron chi connectivity index (χ4n) is 2.90. The van der Waals surface area contributed by atoms with Crippen LogP contribution in [0.4, 0.5) is 5.82 Å². The minimum atomic E-state index is 0.638. The maximum atomic E-state index is 4.75. The fourth-order valence-corrected chi connectivity index (χ4v) is 3.39. The summed E-state index contributed by atoms with van der Waals surface area (Å²) in [4.78, 5) is 4.96. The van der Waals surface area contributed by atoms with Crippen LogP contribution in [-0.2, 0) is 7.05 Å². The molecule has 1 aliphatic rings. The highest BCUT2D eigenvalue weighted by atomic mass is 127. The van der Waals surface area contributed by atoms with Crippen molar-refractivity contribution in [3.8, 4) is 0 Å². The number of piperazine rings is 1. The van der Waals surface area contributed by atoms with Crippen molar-refractivity contribution in [1.82, 2.24) is 14.7 Å². The van der Waals surface area contributed by atoms with Gasteiger partial charge in [0.2, 0.25) is 0 Å². The predicted molar refractivity (Wildman–Crippen MR) is 92.4 cm³/mol. The van der Waals surface area contributed by atoms with Crippen LogP contribution in [0.25, 0.3) is 10.9 Å². The van der Waals surface area contributed by atoms with Gasteiger partial charge in [-0.3, -0.25) is 9.58 Å². The zero-order chi connectivity index (χ0) is 14.3. The van der Waals surface area contributed by atoms with E-state index in [9.17, 15) is 0 Å². The Kier molecular flexibility index (Phi) is 3.90. The number of hydrogen-bond acceptors (Lipinski definition) is 3. The van der Waals surface area contributed by atoms with Crippen molar-refractivity contribution < 1.29 is 0 Å². The zero-order valence-electron chi connectivity index (χ0n) is 12.3. The molecule has 0 unspecified atom stereocenters. The van der Waals surface area contributed by atoms with Crippen molar-refractivity contribution >= 4 is 39.3 Å². The molecule has 0 N–H and O–H groups in total. The minimum absolute atomic E-state index is 0.638. The zero-order valence-corrected chi connectivity index (χ0v) is 14.5. The molecule has 1 saturated heterocycles. The lowest BCUT2D eigenvalue weighted by molar-refractivity contribution is 0.209. The number of fused-ring (bicyclic) bond motifs is 1. The second-order valence-electron chi connectivity index (χ2n) is 5.73. The van der Waals surface area contributed by atoms with Crippen molar-refractivity contribution in [3.63, 3.8) is 0 Å². The maximum absolute atomic E-state index is 4.75. The molecule has 5 heteroatoms. The van der Waals surface area contributed by atoms with Crippen molar-refractivity contribution in [2.24, 2.45) is 7.05 Å². The third-order valence-corrected chi connectivity index (χ3v) is 4.81. The van der Waals surface area contributed by atoms with Crippen molar-refractivity contribution in [2.45, 2.75) is 19.9 Å². The molecule has 20 heavy (non-hydrogen) atoms. The summed E-state index contributed by atoms with van der Waals surface area (Å²) in [6, 6.07) is 7.19. The number of rotatable bonds is 2. The van der Waals surface area contributed by atoms with Crippen LogP contribution >= 0.6 is 22.6 Å². The molecule has 0 amide bonds. The first-order valence-electron chi connectivity index (χ1n) is 7.17. The van der Waals surface area contributed by atoms with E-state index in [1.165, 1.54) is 14.5 Å². The molecule has 0 spiro atoms. The number of aryl methyl sites for hydroxylation is 1. The lowest BCUT2D eigenvalue weighted by atomic mass is 10.2. The molecular formula is C15H21IN4. The van der Waals surface area contributed by atoms with E-state index in [0.717, 1.165) is 32.0 Å². The normalized spacial score (nSPS) is 17.4. The topological polar surface area (TPSA) is 24.3 Å². The van der Waals surface area contributed by atoms with Gasteiger partial charge >= 0.3 is 0 Å². The van der Waals surface area contributed by atoms with Gasteiger partial charge < -0.3 is 4.90 Å². The molecule has 1 aromatic carbocycles. The molecule has 0 aliphatic carbocycles. The first kappa shape index (κ1) is 14.1. The molecule has 108 valence electrons. The third kappa shape index (κ3) is 2.53. The number of anilines is 1. The fraction of sp³-hybridized carbons (Fsp3) is 0.533. The molecule has 2 heterocycles. The quantitative estimate of drug-likeness (QED) is 0.745. The summed E-state index contributed by atoms with van der Waals surface area (Å²) in [7, 11) is 2.03. The van der Waals surface area contributed by atoms with Crippen LogP contribution in [0.2, 0.25) is 0 Å². The summed E-state index contributed by atoms with van der Waals surface area (Å²) < 4.78 is 3.26. The van der Waals surface area contributed by atoms with E-state index in [-0.39, 0.29) is 0 Å². The molecular weight excluding hydrogens is 363 g/mol. The predicted octanol–water partition coefficient (Wildman–Crippen LogP) is 2.71. The highest BCUT2D eigenvalue weighted by molar-refractivity contribution is 14.1. The van der Waals surface area contributed by atoms with Crippen molar-refractivity contribution in [3.05, 3.63) is 21.8 Å². The van der Waals surface area contributed by atoms with E-state index in [0.29, 0.717) is 6.04 Å². The van der Waals surface area contributed by atoms with Crippen LogP contribution in [0, 0.1) is 3.57 Å². The van der Waals surface area contributed by atoms with Gasteiger partial charge in [0.05, 0.1) is 5.52 Å². The molecule has 4 nitrogen and oxygen atoms in total. The molecule has 0 atom stereocenters. The summed E-state index contributed by atoms with van der Waals surface area (Å²) in [6.07, 6.45) is 0. The Bertz CT molecular complexity index is 612. The van der Waals surface area contributed by atoms with E-state index in [2.05, 4.69) is 64.4 Å². The molecule has 0 radical (unpaired) electrons. The standard InChI is InChI=1S/C15H21IN4/c1-11(2)19-6-8-20(9-7-19)15-13-10-12(16)4-5-14(13)18(3)17-15/h4-5,10-11H,6-9H2,1-3H3. The Morgan fingerprint density at radius 2 is 1.85 bits per heavy atom. The second-order valence-corrected chi connectivity index (χ2v) is 6.97. The van der Waals surface area contributed by atoms with Crippen LogP contribution in [0.1, 0.15) is 13.8 Å². The van der Waals surface area contributed by atoms with Crippen molar-refractivity contribution in [2.75, 3.05) is 31.1 Å². The molecule has 3 rings (SSSR count). The highest BCUT2D eigenvalue weighted by Crippen LogP contribution is 2.28. The van der Waals surface area contributed by atoms with E-state index < -0.39 is 0 Å².